The summed E-state index contributed by atoms with van der Waals surface area (Å²) in [5, 5.41) is 0. The normalized spacial score (nSPS) is 14.4. The predicted octanol–water partition coefficient (Wildman–Crippen LogP) is 1.98. The van der Waals surface area contributed by atoms with Crippen molar-refractivity contribution in [3.05, 3.63) is 30.1 Å². The maximum absolute atomic E-state index is 11.3. The van der Waals surface area contributed by atoms with Crippen LogP contribution >= 0.6 is 0 Å². The van der Waals surface area contributed by atoms with Gasteiger partial charge in [-0.25, -0.2) is 4.79 Å². The molecule has 0 amide bonds. The van der Waals surface area contributed by atoms with Crippen molar-refractivity contribution < 1.29 is 14.3 Å². The highest BCUT2D eigenvalue weighted by atomic mass is 16.6. The van der Waals surface area contributed by atoms with Gasteiger partial charge in [0.05, 0.1) is 13.2 Å². The molecule has 1 saturated carbocycles. The number of nitrogens with zero attached hydrogens (tertiary/aromatic N) is 1. The highest BCUT2D eigenvalue weighted by Gasteiger charge is 2.21. The van der Waals surface area contributed by atoms with Gasteiger partial charge in [0.2, 0.25) is 0 Å². The molecule has 0 aromatic carbocycles. The molecule has 1 heterocycles. The lowest BCUT2D eigenvalue weighted by atomic mass is 10.2. The lowest BCUT2D eigenvalue weighted by Crippen LogP contribution is -2.14. The third-order valence-electron chi connectivity index (χ3n) is 2.87. The SMILES string of the molecule is O=C(COCC1CC1)OCCCc1cccnc1. The Morgan fingerprint density at radius 2 is 2.33 bits per heavy atom. The Balaban J connectivity index is 1.48. The average molecular weight is 249 g/mol. The molecule has 0 N–H and O–H groups in total. The third kappa shape index (κ3) is 5.27. The highest BCUT2D eigenvalue weighted by Crippen LogP contribution is 2.28. The average Bonchev–Trinajstić information content (AvgIpc) is 3.20. The molecular formula is C14H19NO3. The lowest BCUT2D eigenvalue weighted by molar-refractivity contribution is -0.149. The van der Waals surface area contributed by atoms with E-state index in [1.54, 1.807) is 6.20 Å². The molecule has 4 heteroatoms. The summed E-state index contributed by atoms with van der Waals surface area (Å²) in [6, 6.07) is 3.93. The molecule has 18 heavy (non-hydrogen) atoms. The summed E-state index contributed by atoms with van der Waals surface area (Å²) < 4.78 is 10.3. The number of aromatic nitrogens is 1. The maximum atomic E-state index is 11.3. The van der Waals surface area contributed by atoms with Gasteiger partial charge in [0, 0.05) is 12.4 Å². The first kappa shape index (κ1) is 13.0. The number of rotatable bonds is 8. The van der Waals surface area contributed by atoms with Crippen LogP contribution in [0.4, 0.5) is 0 Å². The van der Waals surface area contributed by atoms with Crippen molar-refractivity contribution in [3.8, 4) is 0 Å². The van der Waals surface area contributed by atoms with Crippen LogP contribution in [-0.4, -0.2) is 30.8 Å². The minimum atomic E-state index is -0.262. The standard InChI is InChI=1S/C14H19NO3/c16-14(11-17-10-13-5-6-13)18-8-2-4-12-3-1-7-15-9-12/h1,3,7,9,13H,2,4-6,8,10-11H2. The van der Waals surface area contributed by atoms with E-state index < -0.39 is 0 Å². The lowest BCUT2D eigenvalue weighted by Gasteiger charge is -2.05. The predicted molar refractivity (Wildman–Crippen MR) is 67.1 cm³/mol. The van der Waals surface area contributed by atoms with Crippen LogP contribution in [0.2, 0.25) is 0 Å². The summed E-state index contributed by atoms with van der Waals surface area (Å²) in [7, 11) is 0. The smallest absolute Gasteiger partial charge is 0.332 e. The van der Waals surface area contributed by atoms with Gasteiger partial charge in [0.1, 0.15) is 6.61 Å². The summed E-state index contributed by atoms with van der Waals surface area (Å²) in [5.41, 5.74) is 1.17. The van der Waals surface area contributed by atoms with Crippen LogP contribution in [-0.2, 0) is 20.7 Å². The zero-order valence-corrected chi connectivity index (χ0v) is 10.5. The molecule has 1 aromatic rings. The third-order valence-corrected chi connectivity index (χ3v) is 2.87. The van der Waals surface area contributed by atoms with Crippen LogP contribution in [0.5, 0.6) is 0 Å². The van der Waals surface area contributed by atoms with Gasteiger partial charge >= 0.3 is 5.97 Å². The van der Waals surface area contributed by atoms with Crippen molar-refractivity contribution in [1.82, 2.24) is 4.98 Å². The number of ether oxygens (including phenoxy) is 2. The minimum Gasteiger partial charge on any atom is -0.464 e. The number of aryl methyl sites for hydroxylation is 1. The minimum absolute atomic E-state index is 0.0867. The number of hydrogen-bond donors (Lipinski definition) is 0. The fourth-order valence-electron chi connectivity index (χ4n) is 1.64. The second-order valence-corrected chi connectivity index (χ2v) is 4.64. The van der Waals surface area contributed by atoms with Gasteiger partial charge < -0.3 is 9.47 Å². The van der Waals surface area contributed by atoms with Crippen molar-refractivity contribution in [3.63, 3.8) is 0 Å². The van der Waals surface area contributed by atoms with Gasteiger partial charge in [-0.05, 0) is 43.2 Å². The summed E-state index contributed by atoms with van der Waals surface area (Å²) in [6.45, 7) is 1.23. The quantitative estimate of drug-likeness (QED) is 0.522. The van der Waals surface area contributed by atoms with Crippen molar-refractivity contribution in [2.75, 3.05) is 19.8 Å². The summed E-state index contributed by atoms with van der Waals surface area (Å²) in [4.78, 5) is 15.3. The van der Waals surface area contributed by atoms with Crippen LogP contribution in [0, 0.1) is 5.92 Å². The van der Waals surface area contributed by atoms with Gasteiger partial charge in [-0.15, -0.1) is 0 Å². The first-order chi connectivity index (χ1) is 8.84. The van der Waals surface area contributed by atoms with E-state index in [9.17, 15) is 4.79 Å². The van der Waals surface area contributed by atoms with Gasteiger partial charge in [0.25, 0.3) is 0 Å². The Hall–Kier alpha value is -1.42. The molecule has 0 saturated heterocycles. The van der Waals surface area contributed by atoms with Crippen LogP contribution in [0.1, 0.15) is 24.8 Å². The molecule has 0 unspecified atom stereocenters. The maximum Gasteiger partial charge on any atom is 0.332 e. The number of carbonyl (C=O) groups is 1. The fraction of sp³-hybridized carbons (Fsp3) is 0.571. The molecule has 4 nitrogen and oxygen atoms in total. The van der Waals surface area contributed by atoms with Crippen molar-refractivity contribution in [1.29, 1.82) is 0 Å². The van der Waals surface area contributed by atoms with E-state index in [4.69, 9.17) is 9.47 Å². The van der Waals surface area contributed by atoms with E-state index in [-0.39, 0.29) is 12.6 Å². The van der Waals surface area contributed by atoms with Crippen molar-refractivity contribution in [2.45, 2.75) is 25.7 Å². The molecule has 2 rings (SSSR count). The van der Waals surface area contributed by atoms with Gasteiger partial charge in [0.15, 0.2) is 0 Å². The van der Waals surface area contributed by atoms with E-state index in [1.807, 2.05) is 18.3 Å². The molecule has 0 aliphatic heterocycles. The fourth-order valence-corrected chi connectivity index (χ4v) is 1.64. The zero-order chi connectivity index (χ0) is 12.6. The molecule has 1 fully saturated rings. The largest absolute Gasteiger partial charge is 0.464 e. The Kier molecular flexibility index (Phi) is 5.15. The number of hydrogen-bond acceptors (Lipinski definition) is 4. The molecule has 1 aromatic heterocycles. The topological polar surface area (TPSA) is 48.4 Å². The zero-order valence-electron chi connectivity index (χ0n) is 10.5. The molecule has 0 bridgehead atoms. The van der Waals surface area contributed by atoms with Crippen molar-refractivity contribution >= 4 is 5.97 Å². The first-order valence-electron chi connectivity index (χ1n) is 6.47. The first-order valence-corrected chi connectivity index (χ1v) is 6.47. The number of carbonyl (C=O) groups excluding carboxylic acids is 1. The Labute approximate surface area is 107 Å². The monoisotopic (exact) mass is 249 g/mol. The second-order valence-electron chi connectivity index (χ2n) is 4.64. The van der Waals surface area contributed by atoms with Gasteiger partial charge in [-0.2, -0.15) is 0 Å². The van der Waals surface area contributed by atoms with E-state index in [0.717, 1.165) is 12.8 Å². The molecular weight excluding hydrogens is 230 g/mol. The van der Waals surface area contributed by atoms with E-state index >= 15 is 0 Å². The Bertz CT molecular complexity index is 363. The van der Waals surface area contributed by atoms with E-state index in [0.29, 0.717) is 19.1 Å². The van der Waals surface area contributed by atoms with Crippen LogP contribution in [0.3, 0.4) is 0 Å². The summed E-state index contributed by atoms with van der Waals surface area (Å²) >= 11 is 0. The van der Waals surface area contributed by atoms with Crippen LogP contribution in [0.15, 0.2) is 24.5 Å². The summed E-state index contributed by atoms with van der Waals surface area (Å²) in [6.07, 6.45) is 7.76. The van der Waals surface area contributed by atoms with Crippen molar-refractivity contribution in [2.24, 2.45) is 5.92 Å². The molecule has 1 aliphatic carbocycles. The Morgan fingerprint density at radius 1 is 1.44 bits per heavy atom. The Morgan fingerprint density at radius 3 is 3.06 bits per heavy atom. The summed E-state index contributed by atoms with van der Waals surface area (Å²) in [5.74, 6) is 0.421. The van der Waals surface area contributed by atoms with Crippen LogP contribution < -0.4 is 0 Å². The molecule has 0 radical (unpaired) electrons. The molecule has 0 spiro atoms. The second kappa shape index (κ2) is 7.11. The number of esters is 1. The van der Waals surface area contributed by atoms with Gasteiger partial charge in [-0.1, -0.05) is 6.07 Å². The molecule has 1 aliphatic rings. The number of pyridine rings is 1. The van der Waals surface area contributed by atoms with E-state index in [2.05, 4.69) is 4.98 Å². The van der Waals surface area contributed by atoms with E-state index in [1.165, 1.54) is 18.4 Å². The van der Waals surface area contributed by atoms with Gasteiger partial charge in [-0.3, -0.25) is 4.98 Å². The highest BCUT2D eigenvalue weighted by molar-refractivity contribution is 5.70. The van der Waals surface area contributed by atoms with Crippen LogP contribution in [0.25, 0.3) is 0 Å². The molecule has 0 atom stereocenters. The molecule has 98 valence electrons.